The molecule has 324 valence electrons. The molecule has 4 aromatic rings. The van der Waals surface area contributed by atoms with Crippen LogP contribution in [0.1, 0.15) is 64.5 Å². The second kappa shape index (κ2) is 21.7. The normalized spacial score (nSPS) is 14.5. The minimum atomic E-state index is -1.67. The number of aromatic nitrogens is 2. The monoisotopic (exact) mass is 832 g/mol. The van der Waals surface area contributed by atoms with E-state index in [2.05, 4.69) is 36.6 Å². The number of hydrogen-bond donors (Lipinski definition) is 11. The van der Waals surface area contributed by atoms with E-state index < -0.39 is 90.8 Å². The van der Waals surface area contributed by atoms with Crippen LogP contribution in [-0.4, -0.2) is 110 Å². The summed E-state index contributed by atoms with van der Waals surface area (Å²) in [5, 5.41) is 43.8. The van der Waals surface area contributed by atoms with E-state index in [1.807, 2.05) is 32.0 Å². The van der Waals surface area contributed by atoms with Gasteiger partial charge in [-0.2, -0.15) is 0 Å². The number of nitrogens with one attached hydrogen (secondary N) is 7. The Labute approximate surface area is 346 Å². The van der Waals surface area contributed by atoms with E-state index >= 15 is 0 Å². The molecule has 2 heterocycles. The van der Waals surface area contributed by atoms with Gasteiger partial charge in [0, 0.05) is 53.5 Å². The summed E-state index contributed by atoms with van der Waals surface area (Å²) in [5.74, 6) is -6.84. The maximum atomic E-state index is 14.1. The number of aliphatic hydroxyl groups excluding tert-OH is 1. The van der Waals surface area contributed by atoms with Gasteiger partial charge in [-0.25, -0.2) is 4.79 Å². The van der Waals surface area contributed by atoms with Gasteiger partial charge in [-0.1, -0.05) is 64.1 Å². The number of carboxylic acids is 2. The summed E-state index contributed by atoms with van der Waals surface area (Å²) >= 11 is 0. The first-order valence-corrected chi connectivity index (χ1v) is 19.9. The quantitative estimate of drug-likeness (QED) is 0.0505. The largest absolute Gasteiger partial charge is 0.481 e. The number of hydrogen-bond acceptors (Lipinski definition) is 9. The summed E-state index contributed by atoms with van der Waals surface area (Å²) in [6.07, 6.45) is 2.63. The van der Waals surface area contributed by atoms with Crippen molar-refractivity contribution in [1.29, 1.82) is 0 Å². The Hall–Kier alpha value is -6.27. The SMILES string of the molecule is CC(C)C[C@H](NC(=O)[C@H](Cc1c[nH]c2ccccc12)NC(=O)[C@H](CO)NC(=O)[C@H](Cc1c[nH]c2ccccc12)NC(=O)[C@H](CCC(=O)O)NC(=O)[C@@H](N)CC(C)C)C(=O)O. The van der Waals surface area contributed by atoms with Crippen LogP contribution >= 0.6 is 0 Å². The maximum Gasteiger partial charge on any atom is 0.326 e. The molecule has 0 aliphatic carbocycles. The summed E-state index contributed by atoms with van der Waals surface area (Å²) in [6, 6.07) is 6.29. The number of para-hydroxylation sites is 2. The number of aliphatic carboxylic acids is 2. The maximum absolute atomic E-state index is 14.1. The molecule has 60 heavy (non-hydrogen) atoms. The van der Waals surface area contributed by atoms with Crippen molar-refractivity contribution >= 4 is 63.3 Å². The van der Waals surface area contributed by atoms with Gasteiger partial charge in [-0.15, -0.1) is 0 Å². The molecule has 12 N–H and O–H groups in total. The topological polar surface area (TPSA) is 298 Å². The zero-order valence-corrected chi connectivity index (χ0v) is 34.1. The van der Waals surface area contributed by atoms with Gasteiger partial charge in [0.25, 0.3) is 0 Å². The van der Waals surface area contributed by atoms with Crippen LogP contribution in [0.25, 0.3) is 21.8 Å². The lowest BCUT2D eigenvalue weighted by Gasteiger charge is -2.27. The molecule has 0 radical (unpaired) electrons. The van der Waals surface area contributed by atoms with Crippen LogP contribution in [0.15, 0.2) is 60.9 Å². The van der Waals surface area contributed by atoms with Gasteiger partial charge in [0.05, 0.1) is 12.6 Å². The molecule has 0 saturated heterocycles. The molecule has 4 rings (SSSR count). The molecule has 0 spiro atoms. The number of amides is 5. The number of carbonyl (C=O) groups is 7. The minimum absolute atomic E-state index is 0.0442. The molecule has 0 bridgehead atoms. The molecular weight excluding hydrogens is 777 g/mol. The van der Waals surface area contributed by atoms with E-state index in [1.165, 1.54) is 0 Å². The summed E-state index contributed by atoms with van der Waals surface area (Å²) in [7, 11) is 0. The Morgan fingerprint density at radius 3 is 1.45 bits per heavy atom. The zero-order valence-electron chi connectivity index (χ0n) is 34.1. The highest BCUT2D eigenvalue weighted by molar-refractivity contribution is 5.97. The lowest BCUT2D eigenvalue weighted by atomic mass is 10.0. The Bertz CT molecular complexity index is 2150. The van der Waals surface area contributed by atoms with E-state index in [0.717, 1.165) is 21.8 Å². The standard InChI is InChI=1S/C42H56N8O10/c1-22(2)15-28(43)37(54)46-31(13-14-36(52)53)38(55)47-33(18-25-20-45-30-12-8-6-10-27(25)30)40(57)50-35(21-51)41(58)48-32(39(56)49-34(42(59)60)16-23(3)4)17-24-19-44-29-11-7-5-9-26(24)29/h5-12,19-20,22-23,28,31-35,44-45,51H,13-18,21,43H2,1-4H3,(H,46,54)(H,47,55)(H,48,58)(H,49,56)(H,50,57)(H,52,53)(H,59,60)/t28-,31-,32-,33-,34-,35-/m0/s1. The number of carboxylic acid groups (broad SMARTS) is 2. The molecule has 2 aromatic carbocycles. The molecule has 0 aliphatic heterocycles. The molecule has 0 saturated carbocycles. The number of aromatic amines is 2. The zero-order chi connectivity index (χ0) is 44.1. The number of carbonyl (C=O) groups excluding carboxylic acids is 5. The third kappa shape index (κ3) is 13.1. The second-order valence-corrected chi connectivity index (χ2v) is 15.8. The van der Waals surface area contributed by atoms with Crippen LogP contribution < -0.4 is 32.3 Å². The van der Waals surface area contributed by atoms with Gasteiger partial charge < -0.3 is 57.6 Å². The third-order valence-corrected chi connectivity index (χ3v) is 9.94. The molecule has 18 heteroatoms. The predicted molar refractivity (Wildman–Crippen MR) is 222 cm³/mol. The lowest BCUT2D eigenvalue weighted by molar-refractivity contribution is -0.143. The fourth-order valence-electron chi connectivity index (χ4n) is 6.87. The lowest BCUT2D eigenvalue weighted by Crippen LogP contribution is -2.60. The number of fused-ring (bicyclic) bond motifs is 2. The fraction of sp³-hybridized carbons (Fsp3) is 0.452. The van der Waals surface area contributed by atoms with Crippen LogP contribution in [-0.2, 0) is 46.4 Å². The Morgan fingerprint density at radius 2 is 1.00 bits per heavy atom. The minimum Gasteiger partial charge on any atom is -0.481 e. The van der Waals surface area contributed by atoms with Crippen LogP contribution in [0.2, 0.25) is 0 Å². The van der Waals surface area contributed by atoms with E-state index in [9.17, 15) is 48.9 Å². The second-order valence-electron chi connectivity index (χ2n) is 15.8. The Balaban J connectivity index is 1.61. The molecule has 0 unspecified atom stereocenters. The van der Waals surface area contributed by atoms with Crippen LogP contribution in [0.3, 0.4) is 0 Å². The highest BCUT2D eigenvalue weighted by Crippen LogP contribution is 2.21. The molecule has 2 aromatic heterocycles. The summed E-state index contributed by atoms with van der Waals surface area (Å²) in [6.45, 7) is 6.37. The first-order valence-electron chi connectivity index (χ1n) is 19.9. The number of rotatable bonds is 23. The average molecular weight is 833 g/mol. The van der Waals surface area contributed by atoms with E-state index in [-0.39, 0.29) is 43.9 Å². The number of H-pyrrole nitrogens is 2. The Morgan fingerprint density at radius 1 is 0.583 bits per heavy atom. The molecule has 0 aliphatic rings. The molecule has 0 fully saturated rings. The number of aliphatic hydroxyl groups is 1. The van der Waals surface area contributed by atoms with Crippen molar-refractivity contribution in [2.24, 2.45) is 17.6 Å². The van der Waals surface area contributed by atoms with E-state index in [1.54, 1.807) is 56.6 Å². The van der Waals surface area contributed by atoms with Crippen molar-refractivity contribution in [3.05, 3.63) is 72.1 Å². The van der Waals surface area contributed by atoms with Crippen molar-refractivity contribution < 1.29 is 48.9 Å². The van der Waals surface area contributed by atoms with Crippen molar-refractivity contribution in [3.63, 3.8) is 0 Å². The first-order chi connectivity index (χ1) is 28.5. The third-order valence-electron chi connectivity index (χ3n) is 9.94. The summed E-state index contributed by atoms with van der Waals surface area (Å²) in [4.78, 5) is 98.3. The fourth-order valence-corrected chi connectivity index (χ4v) is 6.87. The van der Waals surface area contributed by atoms with Crippen LogP contribution in [0.5, 0.6) is 0 Å². The molecule has 6 atom stereocenters. The van der Waals surface area contributed by atoms with Gasteiger partial charge in [0.1, 0.15) is 30.2 Å². The Kier molecular flexibility index (Phi) is 16.8. The average Bonchev–Trinajstić information content (AvgIpc) is 3.80. The van der Waals surface area contributed by atoms with Gasteiger partial charge in [-0.3, -0.25) is 28.8 Å². The van der Waals surface area contributed by atoms with Crippen molar-refractivity contribution in [3.8, 4) is 0 Å². The summed E-state index contributed by atoms with van der Waals surface area (Å²) < 4.78 is 0. The van der Waals surface area contributed by atoms with Crippen molar-refractivity contribution in [1.82, 2.24) is 36.6 Å². The predicted octanol–water partition coefficient (Wildman–Crippen LogP) is 1.22. The highest BCUT2D eigenvalue weighted by atomic mass is 16.4. The van der Waals surface area contributed by atoms with Crippen LogP contribution in [0, 0.1) is 11.8 Å². The molecule has 5 amide bonds. The van der Waals surface area contributed by atoms with E-state index in [4.69, 9.17) is 5.73 Å². The first kappa shape index (κ1) is 46.4. The van der Waals surface area contributed by atoms with Crippen molar-refractivity contribution in [2.75, 3.05) is 6.61 Å². The van der Waals surface area contributed by atoms with Gasteiger partial charge >= 0.3 is 11.9 Å². The highest BCUT2D eigenvalue weighted by Gasteiger charge is 2.34. The van der Waals surface area contributed by atoms with Crippen LogP contribution in [0.4, 0.5) is 0 Å². The number of benzene rings is 2. The van der Waals surface area contributed by atoms with Gasteiger partial charge in [0.15, 0.2) is 0 Å². The van der Waals surface area contributed by atoms with E-state index in [0.29, 0.717) is 11.1 Å². The number of nitrogens with two attached hydrogens (primary N) is 1. The van der Waals surface area contributed by atoms with Gasteiger partial charge in [-0.05, 0) is 54.4 Å². The smallest absolute Gasteiger partial charge is 0.326 e. The molecule has 18 nitrogen and oxygen atoms in total. The molecular formula is C42H56N8O10. The van der Waals surface area contributed by atoms with Gasteiger partial charge in [0.2, 0.25) is 29.5 Å². The van der Waals surface area contributed by atoms with Crippen molar-refractivity contribution in [2.45, 2.75) is 102 Å². The summed E-state index contributed by atoms with van der Waals surface area (Å²) in [5.41, 5.74) is 8.75.